The number of nitrogens with zero attached hydrogens (tertiary/aromatic N) is 3. The van der Waals surface area contributed by atoms with Crippen molar-refractivity contribution >= 4 is 11.6 Å². The molecule has 0 aromatic heterocycles. The summed E-state index contributed by atoms with van der Waals surface area (Å²) < 4.78 is 20.8. The number of allylic oxidation sites excluding steroid dienone is 1. The predicted octanol–water partition coefficient (Wildman–Crippen LogP) is 9.17. The van der Waals surface area contributed by atoms with Gasteiger partial charge in [-0.25, -0.2) is 0 Å². The van der Waals surface area contributed by atoms with E-state index in [2.05, 4.69) is 44.7 Å². The average molecular weight is 790 g/mol. The van der Waals surface area contributed by atoms with Crippen molar-refractivity contribution in [1.29, 1.82) is 5.26 Å². The van der Waals surface area contributed by atoms with Gasteiger partial charge in [-0.15, -0.1) is 6.58 Å². The van der Waals surface area contributed by atoms with Crippen LogP contribution in [0, 0.1) is 42.9 Å². The summed E-state index contributed by atoms with van der Waals surface area (Å²) in [6.07, 6.45) is 9.00. The predicted molar refractivity (Wildman–Crippen MR) is 225 cm³/mol. The average Bonchev–Trinajstić information content (AvgIpc) is 3.21. The van der Waals surface area contributed by atoms with Crippen molar-refractivity contribution in [2.24, 2.45) is 22.9 Å². The van der Waals surface area contributed by atoms with E-state index in [0.717, 1.165) is 53.8 Å². The Bertz CT molecular complexity index is 2040. The molecule has 1 aliphatic heterocycles. The standard InChI is InChI=1S/C48H59N3O7/c1-8-25-55-48-43(51(7)46(54)34-18-16-33(30-49)17-19-34)29-41(50-58-47(4,5)6)39-27-35(13-9-11-23-52)38(14-10-12-24-53)44(45(39)48)40-28-37(21-22-42(40)57-48)56-36-20-15-31(2)32(3)26-36/h8,15-22,26-28,35,38,43-45,52-53H,1,9-14,23-25,29H2,2-7H3. The van der Waals surface area contributed by atoms with Gasteiger partial charge >= 0.3 is 0 Å². The van der Waals surface area contributed by atoms with Crippen molar-refractivity contribution in [3.05, 3.63) is 113 Å². The van der Waals surface area contributed by atoms with Crippen molar-refractivity contribution < 1.29 is 34.1 Å². The van der Waals surface area contributed by atoms with Crippen LogP contribution in [0.5, 0.6) is 17.2 Å². The van der Waals surface area contributed by atoms with E-state index >= 15 is 0 Å². The molecule has 2 N–H and O–H groups in total. The van der Waals surface area contributed by atoms with Gasteiger partial charge in [-0.3, -0.25) is 4.79 Å². The van der Waals surface area contributed by atoms with Gasteiger partial charge in [0, 0.05) is 43.7 Å². The van der Waals surface area contributed by atoms with Gasteiger partial charge in [-0.2, -0.15) is 5.26 Å². The molecule has 2 aliphatic carbocycles. The van der Waals surface area contributed by atoms with Gasteiger partial charge in [0.05, 0.1) is 29.9 Å². The largest absolute Gasteiger partial charge is 0.459 e. The Morgan fingerprint density at radius 2 is 1.69 bits per heavy atom. The molecule has 1 amide bonds. The Kier molecular flexibility index (Phi) is 13.5. The summed E-state index contributed by atoms with van der Waals surface area (Å²) >= 11 is 0. The molecular weight excluding hydrogens is 731 g/mol. The van der Waals surface area contributed by atoms with E-state index in [4.69, 9.17) is 24.2 Å². The highest BCUT2D eigenvalue weighted by Crippen LogP contribution is 2.62. The number of carbonyl (C=O) groups is 1. The van der Waals surface area contributed by atoms with Gasteiger partial charge in [-0.05, 0) is 143 Å². The molecule has 0 radical (unpaired) electrons. The Hall–Kier alpha value is -4.95. The molecule has 6 atom stereocenters. The lowest BCUT2D eigenvalue weighted by atomic mass is 9.55. The Morgan fingerprint density at radius 3 is 2.34 bits per heavy atom. The second kappa shape index (κ2) is 18.3. The van der Waals surface area contributed by atoms with Gasteiger partial charge in [0.2, 0.25) is 5.79 Å². The molecule has 1 heterocycles. The molecule has 6 unspecified atom stereocenters. The SMILES string of the molecule is C=CCOC12Oc3ccc(Oc4ccc(C)c(C)c4)cc3C3C(CCCCO)C(CCCCO)C=C(C(=NOC(C)(C)C)CC1N(C)C(=O)c1ccc(C#N)cc1)C32. The number of aliphatic hydroxyl groups excluding tert-OH is 2. The van der Waals surface area contributed by atoms with E-state index in [1.54, 1.807) is 42.3 Å². The number of ether oxygens (including phenoxy) is 3. The highest BCUT2D eigenvalue weighted by Gasteiger charge is 2.65. The number of aryl methyl sites for hydroxylation is 2. The number of oxime groups is 1. The van der Waals surface area contributed by atoms with E-state index in [9.17, 15) is 20.3 Å². The Morgan fingerprint density at radius 1 is 1.00 bits per heavy atom. The van der Waals surface area contributed by atoms with Crippen molar-refractivity contribution in [3.8, 4) is 23.3 Å². The molecule has 3 aromatic rings. The van der Waals surface area contributed by atoms with Crippen LogP contribution in [-0.4, -0.2) is 71.0 Å². The molecule has 3 aliphatic rings. The van der Waals surface area contributed by atoms with Crippen LogP contribution in [0.1, 0.15) is 104 Å². The summed E-state index contributed by atoms with van der Waals surface area (Å²) in [5.74, 6) is -0.0108. The van der Waals surface area contributed by atoms with Gasteiger partial charge in [0.1, 0.15) is 28.9 Å². The molecule has 10 nitrogen and oxygen atoms in total. The molecule has 58 heavy (non-hydrogen) atoms. The van der Waals surface area contributed by atoms with E-state index in [1.807, 2.05) is 45.0 Å². The second-order valence-electron chi connectivity index (χ2n) is 16.9. The minimum atomic E-state index is -1.38. The number of fused-ring (bicyclic) bond motifs is 2. The first-order chi connectivity index (χ1) is 27.8. The van der Waals surface area contributed by atoms with Crippen LogP contribution in [0.4, 0.5) is 0 Å². The van der Waals surface area contributed by atoms with Gasteiger partial charge in [0.15, 0.2) is 0 Å². The first kappa shape index (κ1) is 42.7. The molecule has 6 rings (SSSR count). The molecule has 10 heteroatoms. The number of benzene rings is 3. The topological polar surface area (TPSA) is 134 Å². The maximum atomic E-state index is 14.5. The molecular formula is C48H59N3O7. The summed E-state index contributed by atoms with van der Waals surface area (Å²) in [5, 5.41) is 34.1. The zero-order valence-corrected chi connectivity index (χ0v) is 34.9. The fourth-order valence-electron chi connectivity index (χ4n) is 8.93. The van der Waals surface area contributed by atoms with Crippen LogP contribution in [0.25, 0.3) is 0 Å². The minimum absolute atomic E-state index is 0.0771. The van der Waals surface area contributed by atoms with E-state index in [0.29, 0.717) is 35.5 Å². The summed E-state index contributed by atoms with van der Waals surface area (Å²) in [6, 6.07) is 20.1. The first-order valence-corrected chi connectivity index (χ1v) is 20.6. The molecule has 0 saturated heterocycles. The quantitative estimate of drug-likeness (QED) is 0.0834. The third-order valence-electron chi connectivity index (χ3n) is 11.8. The molecule has 0 spiro atoms. The first-order valence-electron chi connectivity index (χ1n) is 20.6. The summed E-state index contributed by atoms with van der Waals surface area (Å²) in [7, 11) is 1.77. The molecule has 3 aromatic carbocycles. The Balaban J connectivity index is 1.58. The lowest BCUT2D eigenvalue weighted by molar-refractivity contribution is -0.252. The highest BCUT2D eigenvalue weighted by atomic mass is 16.7. The number of hydrogen-bond donors (Lipinski definition) is 2. The molecule has 1 fully saturated rings. The smallest absolute Gasteiger partial charge is 0.254 e. The third-order valence-corrected chi connectivity index (χ3v) is 11.8. The summed E-state index contributed by atoms with van der Waals surface area (Å²) in [4.78, 5) is 22.4. The highest BCUT2D eigenvalue weighted by molar-refractivity contribution is 6.03. The molecule has 1 saturated carbocycles. The van der Waals surface area contributed by atoms with Crippen LogP contribution in [0.15, 0.2) is 90.1 Å². The number of hydrogen-bond acceptors (Lipinski definition) is 9. The summed E-state index contributed by atoms with van der Waals surface area (Å²) in [6.45, 7) is 14.4. The molecule has 0 bridgehead atoms. The number of aliphatic hydroxyl groups is 2. The van der Waals surface area contributed by atoms with Crippen molar-refractivity contribution in [1.82, 2.24) is 4.90 Å². The maximum absolute atomic E-state index is 14.5. The number of carbonyl (C=O) groups excluding carboxylic acids is 1. The number of nitriles is 1. The number of unbranched alkanes of at least 4 members (excludes halogenated alkanes) is 2. The number of amides is 1. The van der Waals surface area contributed by atoms with Crippen LogP contribution >= 0.6 is 0 Å². The van der Waals surface area contributed by atoms with Crippen LogP contribution in [0.3, 0.4) is 0 Å². The van der Waals surface area contributed by atoms with Crippen LogP contribution < -0.4 is 9.47 Å². The molecule has 308 valence electrons. The zero-order valence-electron chi connectivity index (χ0n) is 34.9. The fraction of sp³-hybridized carbons (Fsp3) is 0.479. The van der Waals surface area contributed by atoms with Crippen LogP contribution in [-0.2, 0) is 9.57 Å². The summed E-state index contributed by atoms with van der Waals surface area (Å²) in [5.41, 5.74) is 5.30. The lowest BCUT2D eigenvalue weighted by Gasteiger charge is -2.59. The van der Waals surface area contributed by atoms with Gasteiger partial charge in [-0.1, -0.05) is 36.2 Å². The number of rotatable bonds is 16. The maximum Gasteiger partial charge on any atom is 0.254 e. The lowest BCUT2D eigenvalue weighted by Crippen LogP contribution is -2.69. The van der Waals surface area contributed by atoms with Gasteiger partial charge in [0.25, 0.3) is 5.91 Å². The second-order valence-corrected chi connectivity index (χ2v) is 16.9. The third kappa shape index (κ3) is 9.02. The zero-order chi connectivity index (χ0) is 41.6. The van der Waals surface area contributed by atoms with Crippen molar-refractivity contribution in [3.63, 3.8) is 0 Å². The minimum Gasteiger partial charge on any atom is -0.459 e. The van der Waals surface area contributed by atoms with Crippen LogP contribution in [0.2, 0.25) is 0 Å². The van der Waals surface area contributed by atoms with Crippen molar-refractivity contribution in [2.45, 2.75) is 103 Å². The monoisotopic (exact) mass is 789 g/mol. The van der Waals surface area contributed by atoms with Gasteiger partial charge < -0.3 is 34.2 Å². The van der Waals surface area contributed by atoms with E-state index < -0.39 is 23.3 Å². The van der Waals surface area contributed by atoms with Crippen molar-refractivity contribution in [2.75, 3.05) is 26.9 Å². The number of likely N-dealkylation sites (N-methyl/N-ethyl adjacent to an activating group) is 1. The Labute approximate surface area is 343 Å². The van der Waals surface area contributed by atoms with E-state index in [1.165, 1.54) is 5.56 Å². The fourth-order valence-corrected chi connectivity index (χ4v) is 8.93. The van der Waals surface area contributed by atoms with E-state index in [-0.39, 0.29) is 49.9 Å². The normalized spacial score (nSPS) is 24.1.